The van der Waals surface area contributed by atoms with Gasteiger partial charge in [-0.15, -0.1) is 0 Å². The van der Waals surface area contributed by atoms with Crippen LogP contribution in [0.25, 0.3) is 0 Å². The summed E-state index contributed by atoms with van der Waals surface area (Å²) in [6, 6.07) is 5.37. The van der Waals surface area contributed by atoms with Crippen molar-refractivity contribution in [1.82, 2.24) is 0 Å². The molecular weight excluding hydrogens is 270 g/mol. The van der Waals surface area contributed by atoms with E-state index in [2.05, 4.69) is 6.92 Å². The van der Waals surface area contributed by atoms with E-state index in [4.69, 9.17) is 5.73 Å². The third-order valence-corrected chi connectivity index (χ3v) is 3.73. The lowest BCUT2D eigenvalue weighted by molar-refractivity contribution is -0.125. The monoisotopic (exact) mass is 291 g/mol. The molecule has 1 unspecified atom stereocenters. The molecule has 0 saturated heterocycles. The van der Waals surface area contributed by atoms with E-state index in [0.717, 1.165) is 25.1 Å². The van der Waals surface area contributed by atoms with Gasteiger partial charge in [0.1, 0.15) is 0 Å². The number of anilines is 2. The van der Waals surface area contributed by atoms with Crippen molar-refractivity contribution in [2.75, 3.05) is 29.9 Å². The Labute approximate surface area is 124 Å². The highest BCUT2D eigenvalue weighted by atomic mass is 16.3. The Bertz CT molecular complexity index is 559. The lowest BCUT2D eigenvalue weighted by Gasteiger charge is -2.24. The average Bonchev–Trinajstić information content (AvgIpc) is 2.67. The molecule has 6 heteroatoms. The minimum Gasteiger partial charge on any atom is -0.378 e. The summed E-state index contributed by atoms with van der Waals surface area (Å²) < 4.78 is 0. The number of aliphatic hydroxyl groups is 1. The Morgan fingerprint density at radius 1 is 1.48 bits per heavy atom. The second-order valence-corrected chi connectivity index (χ2v) is 5.28. The highest BCUT2D eigenvalue weighted by Crippen LogP contribution is 2.37. The van der Waals surface area contributed by atoms with Gasteiger partial charge in [0.2, 0.25) is 5.91 Å². The first-order valence-corrected chi connectivity index (χ1v) is 7.08. The van der Waals surface area contributed by atoms with Gasteiger partial charge in [-0.25, -0.2) is 0 Å². The van der Waals surface area contributed by atoms with Crippen LogP contribution in [-0.2, 0) is 9.59 Å². The Hall–Kier alpha value is -2.08. The largest absolute Gasteiger partial charge is 0.378 e. The zero-order valence-electron chi connectivity index (χ0n) is 12.4. The first-order chi connectivity index (χ1) is 9.95. The fraction of sp³-hybridized carbons (Fsp3) is 0.467. The predicted molar refractivity (Wildman–Crippen MR) is 81.1 cm³/mol. The van der Waals surface area contributed by atoms with E-state index in [-0.39, 0.29) is 12.5 Å². The molecule has 1 atom stereocenters. The molecular formula is C15H21N3O3. The van der Waals surface area contributed by atoms with Gasteiger partial charge in [-0.3, -0.25) is 9.59 Å². The summed E-state index contributed by atoms with van der Waals surface area (Å²) in [5.74, 6) is -0.728. The molecule has 1 aromatic rings. The number of likely N-dealkylation sites (N-methyl/N-ethyl adjacent to an activating group) is 1. The van der Waals surface area contributed by atoms with Gasteiger partial charge in [0.25, 0.3) is 5.91 Å². The first-order valence-electron chi connectivity index (χ1n) is 7.08. The molecule has 2 amide bonds. The minimum absolute atomic E-state index is 0.138. The number of amides is 2. The van der Waals surface area contributed by atoms with E-state index in [0.29, 0.717) is 11.3 Å². The SMILES string of the molecule is CCCCN(CC(N)=O)c1ccc2c(c1)N(C)C(=O)C2O. The van der Waals surface area contributed by atoms with Gasteiger partial charge in [-0.05, 0) is 18.6 Å². The molecule has 21 heavy (non-hydrogen) atoms. The van der Waals surface area contributed by atoms with Crippen LogP contribution >= 0.6 is 0 Å². The molecule has 0 aliphatic carbocycles. The molecule has 1 aromatic carbocycles. The van der Waals surface area contributed by atoms with Crippen LogP contribution in [0.1, 0.15) is 31.4 Å². The highest BCUT2D eigenvalue weighted by molar-refractivity contribution is 6.04. The van der Waals surface area contributed by atoms with E-state index < -0.39 is 12.0 Å². The van der Waals surface area contributed by atoms with E-state index in [1.807, 2.05) is 17.0 Å². The summed E-state index contributed by atoms with van der Waals surface area (Å²) in [5, 5.41) is 9.86. The van der Waals surface area contributed by atoms with Crippen molar-refractivity contribution in [1.29, 1.82) is 0 Å². The Morgan fingerprint density at radius 3 is 2.81 bits per heavy atom. The van der Waals surface area contributed by atoms with E-state index >= 15 is 0 Å². The summed E-state index contributed by atoms with van der Waals surface area (Å²) in [5.41, 5.74) is 7.40. The molecule has 0 aromatic heterocycles. The van der Waals surface area contributed by atoms with E-state index in [9.17, 15) is 14.7 Å². The van der Waals surface area contributed by atoms with Crippen molar-refractivity contribution in [2.45, 2.75) is 25.9 Å². The maximum absolute atomic E-state index is 11.8. The fourth-order valence-electron chi connectivity index (χ4n) is 2.52. The van der Waals surface area contributed by atoms with Gasteiger partial charge in [-0.1, -0.05) is 19.4 Å². The van der Waals surface area contributed by atoms with Gasteiger partial charge in [-0.2, -0.15) is 0 Å². The van der Waals surface area contributed by atoms with Crippen LogP contribution < -0.4 is 15.5 Å². The first kappa shape index (κ1) is 15.3. The fourth-order valence-corrected chi connectivity index (χ4v) is 2.52. The van der Waals surface area contributed by atoms with Gasteiger partial charge in [0, 0.05) is 24.8 Å². The molecule has 0 spiro atoms. The molecule has 6 nitrogen and oxygen atoms in total. The molecule has 2 rings (SSSR count). The van der Waals surface area contributed by atoms with Crippen molar-refractivity contribution in [3.05, 3.63) is 23.8 Å². The smallest absolute Gasteiger partial charge is 0.260 e. The van der Waals surface area contributed by atoms with Crippen LogP contribution in [0.4, 0.5) is 11.4 Å². The van der Waals surface area contributed by atoms with Crippen molar-refractivity contribution in [3.8, 4) is 0 Å². The number of aliphatic hydroxyl groups excluding tert-OH is 1. The van der Waals surface area contributed by atoms with Crippen LogP contribution in [0.5, 0.6) is 0 Å². The zero-order valence-corrected chi connectivity index (χ0v) is 12.4. The zero-order chi connectivity index (χ0) is 15.6. The maximum atomic E-state index is 11.8. The molecule has 114 valence electrons. The average molecular weight is 291 g/mol. The van der Waals surface area contributed by atoms with Crippen LogP contribution in [0.2, 0.25) is 0 Å². The number of benzene rings is 1. The van der Waals surface area contributed by atoms with Crippen molar-refractivity contribution >= 4 is 23.2 Å². The van der Waals surface area contributed by atoms with Crippen LogP contribution in [0.15, 0.2) is 18.2 Å². The predicted octanol–water partition coefficient (Wildman–Crippen LogP) is 0.788. The third-order valence-electron chi connectivity index (χ3n) is 3.73. The summed E-state index contributed by atoms with van der Waals surface area (Å²) in [7, 11) is 1.63. The maximum Gasteiger partial charge on any atom is 0.260 e. The van der Waals surface area contributed by atoms with E-state index in [1.54, 1.807) is 13.1 Å². The van der Waals surface area contributed by atoms with Gasteiger partial charge in [0.15, 0.2) is 6.10 Å². The minimum atomic E-state index is -1.10. The number of hydrogen-bond acceptors (Lipinski definition) is 4. The summed E-state index contributed by atoms with van der Waals surface area (Å²) in [6.45, 7) is 2.94. The van der Waals surface area contributed by atoms with Crippen LogP contribution in [-0.4, -0.2) is 37.1 Å². The number of unbranched alkanes of at least 4 members (excludes halogenated alkanes) is 1. The number of rotatable bonds is 6. The molecule has 0 radical (unpaired) electrons. The number of carbonyl (C=O) groups is 2. The number of nitrogens with zero attached hydrogens (tertiary/aromatic N) is 2. The molecule has 1 heterocycles. The number of fused-ring (bicyclic) bond motifs is 1. The Balaban J connectivity index is 2.31. The number of hydrogen-bond donors (Lipinski definition) is 2. The van der Waals surface area contributed by atoms with Gasteiger partial charge in [0.05, 0.1) is 12.2 Å². The van der Waals surface area contributed by atoms with Gasteiger partial charge >= 0.3 is 0 Å². The number of nitrogens with two attached hydrogens (primary N) is 1. The number of carbonyl (C=O) groups excluding carboxylic acids is 2. The summed E-state index contributed by atoms with van der Waals surface area (Å²) in [4.78, 5) is 26.3. The molecule has 1 aliphatic heterocycles. The normalized spacial score (nSPS) is 17.0. The standard InChI is InChI=1S/C15H21N3O3/c1-3-4-7-18(9-13(16)19)10-5-6-11-12(8-10)17(2)15(21)14(11)20/h5-6,8,14,20H,3-4,7,9H2,1-2H3,(H2,16,19). The summed E-state index contributed by atoms with van der Waals surface area (Å²) in [6.07, 6.45) is 0.860. The van der Waals surface area contributed by atoms with Crippen LogP contribution in [0, 0.1) is 0 Å². The molecule has 0 bridgehead atoms. The molecule has 0 fully saturated rings. The third kappa shape index (κ3) is 3.00. The van der Waals surface area contributed by atoms with E-state index in [1.165, 1.54) is 4.90 Å². The number of primary amides is 1. The van der Waals surface area contributed by atoms with Gasteiger partial charge < -0.3 is 20.6 Å². The Morgan fingerprint density at radius 2 is 2.19 bits per heavy atom. The molecule has 0 saturated carbocycles. The van der Waals surface area contributed by atoms with Crippen LogP contribution in [0.3, 0.4) is 0 Å². The van der Waals surface area contributed by atoms with Crippen molar-refractivity contribution < 1.29 is 14.7 Å². The second-order valence-electron chi connectivity index (χ2n) is 5.28. The lowest BCUT2D eigenvalue weighted by atomic mass is 10.1. The highest BCUT2D eigenvalue weighted by Gasteiger charge is 2.33. The second kappa shape index (κ2) is 6.13. The summed E-state index contributed by atoms with van der Waals surface area (Å²) >= 11 is 0. The Kier molecular flexibility index (Phi) is 4.47. The molecule has 3 N–H and O–H groups in total. The lowest BCUT2D eigenvalue weighted by Crippen LogP contribution is -2.34. The quantitative estimate of drug-likeness (QED) is 0.811. The van der Waals surface area contributed by atoms with Crippen molar-refractivity contribution in [3.63, 3.8) is 0 Å². The van der Waals surface area contributed by atoms with Crippen molar-refractivity contribution in [2.24, 2.45) is 5.73 Å². The molecule has 1 aliphatic rings. The topological polar surface area (TPSA) is 86.9 Å².